The van der Waals surface area contributed by atoms with Gasteiger partial charge in [0.15, 0.2) is 0 Å². The minimum absolute atomic E-state index is 0.0725. The van der Waals surface area contributed by atoms with E-state index in [9.17, 15) is 4.79 Å². The van der Waals surface area contributed by atoms with Crippen LogP contribution in [-0.2, 0) is 11.2 Å². The molecule has 2 aromatic carbocycles. The Morgan fingerprint density at radius 1 is 1.09 bits per heavy atom. The maximum Gasteiger partial charge on any atom is 0.233 e. The fraction of sp³-hybridized carbons (Fsp3) is 0.350. The first kappa shape index (κ1) is 17.6. The molecule has 2 nitrogen and oxygen atoms in total. The van der Waals surface area contributed by atoms with Gasteiger partial charge in [0.05, 0.1) is 5.25 Å². The molecule has 0 aromatic heterocycles. The Bertz CT molecular complexity index is 636. The first-order chi connectivity index (χ1) is 11.0. The van der Waals surface area contributed by atoms with Gasteiger partial charge in [0.2, 0.25) is 5.91 Å². The summed E-state index contributed by atoms with van der Waals surface area (Å²) in [7, 11) is 0. The molecule has 2 rings (SSSR count). The molecule has 0 aliphatic rings. The Morgan fingerprint density at radius 3 is 2.52 bits per heavy atom. The van der Waals surface area contributed by atoms with Gasteiger partial charge in [-0.3, -0.25) is 4.79 Å². The molecule has 0 saturated carbocycles. The zero-order valence-electron chi connectivity index (χ0n) is 14.1. The van der Waals surface area contributed by atoms with Crippen molar-refractivity contribution in [3.8, 4) is 0 Å². The number of rotatable bonds is 7. The van der Waals surface area contributed by atoms with Gasteiger partial charge in [0.1, 0.15) is 0 Å². The van der Waals surface area contributed by atoms with Crippen LogP contribution in [0.2, 0.25) is 0 Å². The SMILES string of the molecule is Cc1ccc(SC(C)C(=O)NCCCc2cccc(C)c2)cc1. The number of nitrogens with one attached hydrogen (secondary N) is 1. The van der Waals surface area contributed by atoms with Crippen molar-refractivity contribution in [1.82, 2.24) is 5.32 Å². The van der Waals surface area contributed by atoms with Crippen LogP contribution in [-0.4, -0.2) is 17.7 Å². The van der Waals surface area contributed by atoms with Gasteiger partial charge in [-0.15, -0.1) is 11.8 Å². The van der Waals surface area contributed by atoms with E-state index in [1.165, 1.54) is 16.7 Å². The maximum atomic E-state index is 12.1. The largest absolute Gasteiger partial charge is 0.355 e. The number of thioether (sulfide) groups is 1. The normalized spacial score (nSPS) is 12.0. The number of hydrogen-bond acceptors (Lipinski definition) is 2. The summed E-state index contributed by atoms with van der Waals surface area (Å²) in [5.74, 6) is 0.111. The minimum Gasteiger partial charge on any atom is -0.355 e. The third-order valence-electron chi connectivity index (χ3n) is 3.73. The van der Waals surface area contributed by atoms with Crippen molar-refractivity contribution in [2.45, 2.75) is 43.8 Å². The standard InChI is InChI=1S/C20H25NOS/c1-15-9-11-19(12-10-15)23-17(3)20(22)21-13-5-8-18-7-4-6-16(2)14-18/h4,6-7,9-12,14,17H,5,8,13H2,1-3H3,(H,21,22). The Labute approximate surface area is 143 Å². The molecular weight excluding hydrogens is 302 g/mol. The van der Waals surface area contributed by atoms with Gasteiger partial charge in [-0.25, -0.2) is 0 Å². The van der Waals surface area contributed by atoms with E-state index in [1.54, 1.807) is 11.8 Å². The average molecular weight is 327 g/mol. The highest BCUT2D eigenvalue weighted by Crippen LogP contribution is 2.23. The highest BCUT2D eigenvalue weighted by atomic mass is 32.2. The van der Waals surface area contributed by atoms with E-state index in [1.807, 2.05) is 6.92 Å². The summed E-state index contributed by atoms with van der Waals surface area (Å²) < 4.78 is 0. The third-order valence-corrected chi connectivity index (χ3v) is 4.84. The van der Waals surface area contributed by atoms with Gasteiger partial charge >= 0.3 is 0 Å². The zero-order chi connectivity index (χ0) is 16.7. The van der Waals surface area contributed by atoms with Gasteiger partial charge in [0.25, 0.3) is 0 Å². The summed E-state index contributed by atoms with van der Waals surface area (Å²) in [4.78, 5) is 13.3. The van der Waals surface area contributed by atoms with E-state index in [0.29, 0.717) is 0 Å². The number of carbonyl (C=O) groups excluding carboxylic acids is 1. The molecule has 0 bridgehead atoms. The molecule has 1 unspecified atom stereocenters. The molecule has 0 aliphatic heterocycles. The van der Waals surface area contributed by atoms with Crippen LogP contribution in [0.15, 0.2) is 53.4 Å². The van der Waals surface area contributed by atoms with Gasteiger partial charge in [0, 0.05) is 11.4 Å². The summed E-state index contributed by atoms with van der Waals surface area (Å²) in [6.45, 7) is 6.86. The van der Waals surface area contributed by atoms with Crippen LogP contribution < -0.4 is 5.32 Å². The van der Waals surface area contributed by atoms with Crippen molar-refractivity contribution in [1.29, 1.82) is 0 Å². The van der Waals surface area contributed by atoms with Gasteiger partial charge in [-0.05, 0) is 51.3 Å². The average Bonchev–Trinajstić information content (AvgIpc) is 2.53. The summed E-state index contributed by atoms with van der Waals surface area (Å²) in [5, 5.41) is 2.97. The molecule has 3 heteroatoms. The van der Waals surface area contributed by atoms with Crippen LogP contribution in [0.5, 0.6) is 0 Å². The van der Waals surface area contributed by atoms with Crippen molar-refractivity contribution in [2.24, 2.45) is 0 Å². The molecule has 0 saturated heterocycles. The number of hydrogen-bond donors (Lipinski definition) is 1. The van der Waals surface area contributed by atoms with Gasteiger partial charge in [-0.1, -0.05) is 47.5 Å². The smallest absolute Gasteiger partial charge is 0.233 e. The molecule has 0 fully saturated rings. The van der Waals surface area contributed by atoms with Gasteiger partial charge < -0.3 is 5.32 Å². The van der Waals surface area contributed by atoms with Crippen LogP contribution in [0.25, 0.3) is 0 Å². The van der Waals surface area contributed by atoms with E-state index >= 15 is 0 Å². The first-order valence-electron chi connectivity index (χ1n) is 8.11. The fourth-order valence-electron chi connectivity index (χ4n) is 2.39. The van der Waals surface area contributed by atoms with Crippen LogP contribution in [0.3, 0.4) is 0 Å². The fourth-order valence-corrected chi connectivity index (χ4v) is 3.28. The summed E-state index contributed by atoms with van der Waals surface area (Å²) in [6.07, 6.45) is 1.97. The zero-order valence-corrected chi connectivity index (χ0v) is 15.0. The van der Waals surface area contributed by atoms with Crippen LogP contribution in [0, 0.1) is 13.8 Å². The molecule has 0 radical (unpaired) electrons. The summed E-state index contributed by atoms with van der Waals surface area (Å²) in [6, 6.07) is 16.8. The lowest BCUT2D eigenvalue weighted by molar-refractivity contribution is -0.120. The molecule has 0 heterocycles. The molecule has 1 atom stereocenters. The number of aryl methyl sites for hydroxylation is 3. The van der Waals surface area contributed by atoms with E-state index in [4.69, 9.17) is 0 Å². The number of carbonyl (C=O) groups is 1. The second-order valence-electron chi connectivity index (χ2n) is 5.96. The lowest BCUT2D eigenvalue weighted by Crippen LogP contribution is -2.31. The Morgan fingerprint density at radius 2 is 1.83 bits per heavy atom. The quantitative estimate of drug-likeness (QED) is 0.598. The predicted molar refractivity (Wildman–Crippen MR) is 99.0 cm³/mol. The first-order valence-corrected chi connectivity index (χ1v) is 8.99. The molecule has 2 aromatic rings. The minimum atomic E-state index is -0.0725. The summed E-state index contributed by atoms with van der Waals surface area (Å²) >= 11 is 1.60. The van der Waals surface area contributed by atoms with Crippen molar-refractivity contribution < 1.29 is 4.79 Å². The summed E-state index contributed by atoms with van der Waals surface area (Å²) in [5.41, 5.74) is 3.86. The molecule has 122 valence electrons. The Kier molecular flexibility index (Phi) is 6.72. The Balaban J connectivity index is 1.70. The molecule has 1 amide bonds. The molecule has 23 heavy (non-hydrogen) atoms. The second-order valence-corrected chi connectivity index (χ2v) is 7.37. The lowest BCUT2D eigenvalue weighted by atomic mass is 10.1. The predicted octanol–water partition coefficient (Wildman–Crippen LogP) is 4.53. The van der Waals surface area contributed by atoms with E-state index in [0.717, 1.165) is 24.3 Å². The van der Waals surface area contributed by atoms with Crippen molar-refractivity contribution >= 4 is 17.7 Å². The maximum absolute atomic E-state index is 12.1. The van der Waals surface area contributed by atoms with Crippen LogP contribution in [0.1, 0.15) is 30.0 Å². The van der Waals surface area contributed by atoms with Crippen LogP contribution >= 0.6 is 11.8 Å². The molecule has 0 aliphatic carbocycles. The van der Waals surface area contributed by atoms with Gasteiger partial charge in [-0.2, -0.15) is 0 Å². The lowest BCUT2D eigenvalue weighted by Gasteiger charge is -2.12. The van der Waals surface area contributed by atoms with Crippen LogP contribution in [0.4, 0.5) is 0 Å². The van der Waals surface area contributed by atoms with Crippen molar-refractivity contribution in [2.75, 3.05) is 6.54 Å². The topological polar surface area (TPSA) is 29.1 Å². The molecular formula is C20H25NOS. The number of benzene rings is 2. The monoisotopic (exact) mass is 327 g/mol. The molecule has 1 N–H and O–H groups in total. The van der Waals surface area contributed by atoms with E-state index in [2.05, 4.69) is 67.7 Å². The third kappa shape index (κ3) is 6.11. The Hall–Kier alpha value is -1.74. The van der Waals surface area contributed by atoms with Crippen molar-refractivity contribution in [3.05, 3.63) is 65.2 Å². The number of amides is 1. The van der Waals surface area contributed by atoms with E-state index < -0.39 is 0 Å². The second kappa shape index (κ2) is 8.78. The van der Waals surface area contributed by atoms with E-state index in [-0.39, 0.29) is 11.2 Å². The molecule has 0 spiro atoms. The van der Waals surface area contributed by atoms with Crippen molar-refractivity contribution in [3.63, 3.8) is 0 Å². The highest BCUT2D eigenvalue weighted by Gasteiger charge is 2.13. The highest BCUT2D eigenvalue weighted by molar-refractivity contribution is 8.00.